The van der Waals surface area contributed by atoms with Crippen molar-refractivity contribution in [2.45, 2.75) is 20.0 Å². The van der Waals surface area contributed by atoms with E-state index >= 15 is 0 Å². The number of aliphatic imine (C=N–C) groups is 1. The Morgan fingerprint density at radius 2 is 2.32 bits per heavy atom. The Hall–Kier alpha value is -1.09. The Bertz CT molecular complexity index is 470. The maximum absolute atomic E-state index is 4.78. The number of halogens is 1. The second-order valence-electron chi connectivity index (χ2n) is 3.67. The maximum atomic E-state index is 4.78. The zero-order valence-corrected chi connectivity index (χ0v) is 13.8. The molecule has 5 nitrogen and oxygen atoms in total. The van der Waals surface area contributed by atoms with Crippen LogP contribution in [0, 0.1) is 0 Å². The van der Waals surface area contributed by atoms with Gasteiger partial charge in [-0.3, -0.25) is 0 Å². The number of aromatic nitrogens is 1. The molecule has 2 aromatic rings. The highest BCUT2D eigenvalue weighted by Gasteiger charge is 2.00. The van der Waals surface area contributed by atoms with Gasteiger partial charge in [0.1, 0.15) is 12.0 Å². The fourth-order valence-corrected chi connectivity index (χ4v) is 2.06. The van der Waals surface area contributed by atoms with Gasteiger partial charge in [-0.25, -0.2) is 4.99 Å². The van der Waals surface area contributed by atoms with Gasteiger partial charge in [0.15, 0.2) is 5.96 Å². The average Bonchev–Trinajstić information content (AvgIpc) is 3.05. The van der Waals surface area contributed by atoms with Crippen LogP contribution < -0.4 is 10.6 Å². The first kappa shape index (κ1) is 16.0. The summed E-state index contributed by atoms with van der Waals surface area (Å²) in [7, 11) is 0. The third-order valence-electron chi connectivity index (χ3n) is 2.27. The molecule has 2 aromatic heterocycles. The second kappa shape index (κ2) is 8.92. The van der Waals surface area contributed by atoms with Gasteiger partial charge in [-0.15, -0.1) is 24.0 Å². The lowest BCUT2D eigenvalue weighted by atomic mass is 10.3. The zero-order valence-electron chi connectivity index (χ0n) is 10.6. The fourth-order valence-electron chi connectivity index (χ4n) is 1.40. The molecule has 0 radical (unpaired) electrons. The van der Waals surface area contributed by atoms with Crippen molar-refractivity contribution >= 4 is 41.3 Å². The smallest absolute Gasteiger partial charge is 0.191 e. The lowest BCUT2D eigenvalue weighted by Crippen LogP contribution is -2.36. The first-order chi connectivity index (χ1) is 8.88. The molecule has 0 aliphatic heterocycles. The quantitative estimate of drug-likeness (QED) is 0.467. The van der Waals surface area contributed by atoms with E-state index in [1.165, 1.54) is 5.56 Å². The Labute approximate surface area is 133 Å². The molecule has 0 spiro atoms. The minimum Gasteiger partial charge on any atom is -0.364 e. The molecule has 0 fully saturated rings. The van der Waals surface area contributed by atoms with E-state index in [9.17, 15) is 0 Å². The predicted molar refractivity (Wildman–Crippen MR) is 87.9 cm³/mol. The lowest BCUT2D eigenvalue weighted by molar-refractivity contribution is 0.410. The highest BCUT2D eigenvalue weighted by Crippen LogP contribution is 2.06. The van der Waals surface area contributed by atoms with Crippen LogP contribution in [0.4, 0.5) is 0 Å². The summed E-state index contributed by atoms with van der Waals surface area (Å²) >= 11 is 1.68. The Morgan fingerprint density at radius 1 is 1.42 bits per heavy atom. The molecule has 7 heteroatoms. The molecule has 2 N–H and O–H groups in total. The average molecular weight is 392 g/mol. The fraction of sp³-hybridized carbons (Fsp3) is 0.333. The largest absolute Gasteiger partial charge is 0.364 e. The number of thiophene rings is 1. The molecule has 104 valence electrons. The van der Waals surface area contributed by atoms with E-state index in [0.717, 1.165) is 18.2 Å². The van der Waals surface area contributed by atoms with Crippen molar-refractivity contribution in [3.05, 3.63) is 40.4 Å². The molecule has 19 heavy (non-hydrogen) atoms. The van der Waals surface area contributed by atoms with Crippen molar-refractivity contribution in [1.29, 1.82) is 0 Å². The summed E-state index contributed by atoms with van der Waals surface area (Å²) in [5.74, 6) is 0.784. The summed E-state index contributed by atoms with van der Waals surface area (Å²) in [6, 6.07) is 3.91. The van der Waals surface area contributed by atoms with Crippen LogP contribution in [-0.2, 0) is 13.1 Å². The molecule has 0 saturated carbocycles. The van der Waals surface area contributed by atoms with Gasteiger partial charge in [-0.2, -0.15) is 11.3 Å². The Morgan fingerprint density at radius 3 is 2.95 bits per heavy atom. The van der Waals surface area contributed by atoms with Crippen molar-refractivity contribution in [3.8, 4) is 0 Å². The number of rotatable bonds is 5. The van der Waals surface area contributed by atoms with Crippen LogP contribution in [-0.4, -0.2) is 17.7 Å². The van der Waals surface area contributed by atoms with E-state index in [-0.39, 0.29) is 24.0 Å². The van der Waals surface area contributed by atoms with E-state index < -0.39 is 0 Å². The third kappa shape index (κ3) is 5.60. The molecule has 2 rings (SSSR count). The van der Waals surface area contributed by atoms with E-state index in [2.05, 4.69) is 37.6 Å². The first-order valence-electron chi connectivity index (χ1n) is 5.81. The summed E-state index contributed by atoms with van der Waals surface area (Å²) in [6.45, 7) is 4.15. The molecule has 0 amide bonds. The number of hydrogen-bond donors (Lipinski definition) is 2. The van der Waals surface area contributed by atoms with Crippen LogP contribution in [0.5, 0.6) is 0 Å². The Balaban J connectivity index is 0.00000180. The number of nitrogens with zero attached hydrogens (tertiary/aromatic N) is 2. The highest BCUT2D eigenvalue weighted by molar-refractivity contribution is 14.0. The minimum atomic E-state index is 0. The van der Waals surface area contributed by atoms with E-state index in [1.807, 2.05) is 13.0 Å². The second-order valence-corrected chi connectivity index (χ2v) is 4.45. The topological polar surface area (TPSA) is 62.5 Å². The standard InChI is InChI=1S/C12H16N4OS.HI/c1-2-13-12(14-7-10-4-6-18-9-10)15-8-11-3-5-17-16-11;/h3-6,9H,2,7-8H2,1H3,(H2,13,14,15);1H. The van der Waals surface area contributed by atoms with Gasteiger partial charge in [-0.05, 0) is 29.3 Å². The molecule has 2 heterocycles. The van der Waals surface area contributed by atoms with Crippen molar-refractivity contribution in [2.75, 3.05) is 6.54 Å². The van der Waals surface area contributed by atoms with Gasteiger partial charge in [0.05, 0.1) is 13.1 Å². The van der Waals surface area contributed by atoms with Gasteiger partial charge in [-0.1, -0.05) is 5.16 Å². The van der Waals surface area contributed by atoms with Crippen LogP contribution in [0.3, 0.4) is 0 Å². The molecule has 0 aliphatic carbocycles. The first-order valence-corrected chi connectivity index (χ1v) is 6.75. The third-order valence-corrected chi connectivity index (χ3v) is 3.00. The van der Waals surface area contributed by atoms with Gasteiger partial charge >= 0.3 is 0 Å². The van der Waals surface area contributed by atoms with Gasteiger partial charge in [0.2, 0.25) is 0 Å². The molecule has 0 unspecified atom stereocenters. The van der Waals surface area contributed by atoms with E-state index in [1.54, 1.807) is 17.6 Å². The van der Waals surface area contributed by atoms with Crippen molar-refractivity contribution in [2.24, 2.45) is 4.99 Å². The van der Waals surface area contributed by atoms with Gasteiger partial charge in [0, 0.05) is 12.6 Å². The number of hydrogen-bond acceptors (Lipinski definition) is 4. The normalized spacial score (nSPS) is 10.9. The molecule has 0 aliphatic rings. The van der Waals surface area contributed by atoms with Crippen LogP contribution in [0.2, 0.25) is 0 Å². The molecule has 0 aromatic carbocycles. The van der Waals surface area contributed by atoms with Crippen LogP contribution in [0.1, 0.15) is 18.2 Å². The summed E-state index contributed by atoms with van der Waals surface area (Å²) in [4.78, 5) is 4.50. The molecular formula is C12H17IN4OS. The molecular weight excluding hydrogens is 375 g/mol. The predicted octanol–water partition coefficient (Wildman–Crippen LogP) is 2.61. The molecule has 0 atom stereocenters. The summed E-state index contributed by atoms with van der Waals surface area (Å²) < 4.78 is 4.78. The lowest BCUT2D eigenvalue weighted by Gasteiger charge is -2.09. The zero-order chi connectivity index (χ0) is 12.6. The van der Waals surface area contributed by atoms with E-state index in [4.69, 9.17) is 4.52 Å². The molecule has 0 bridgehead atoms. The SMILES string of the molecule is CCNC(=NCc1ccsc1)NCc1ccon1.I. The van der Waals surface area contributed by atoms with Crippen LogP contribution in [0.25, 0.3) is 0 Å². The van der Waals surface area contributed by atoms with Crippen molar-refractivity contribution in [3.63, 3.8) is 0 Å². The minimum absolute atomic E-state index is 0. The number of guanidine groups is 1. The monoisotopic (exact) mass is 392 g/mol. The Kier molecular flexibility index (Phi) is 7.49. The van der Waals surface area contributed by atoms with Gasteiger partial charge in [0.25, 0.3) is 0 Å². The van der Waals surface area contributed by atoms with Crippen molar-refractivity contribution < 1.29 is 4.52 Å². The maximum Gasteiger partial charge on any atom is 0.191 e. The van der Waals surface area contributed by atoms with Crippen molar-refractivity contribution in [1.82, 2.24) is 15.8 Å². The summed E-state index contributed by atoms with van der Waals surface area (Å²) in [6.07, 6.45) is 1.56. The van der Waals surface area contributed by atoms with E-state index in [0.29, 0.717) is 13.1 Å². The highest BCUT2D eigenvalue weighted by atomic mass is 127. The summed E-state index contributed by atoms with van der Waals surface area (Å²) in [5, 5.41) is 14.4. The molecule has 0 saturated heterocycles. The van der Waals surface area contributed by atoms with Crippen LogP contribution in [0.15, 0.2) is 38.7 Å². The number of nitrogens with one attached hydrogen (secondary N) is 2. The van der Waals surface area contributed by atoms with Crippen LogP contribution >= 0.6 is 35.3 Å². The van der Waals surface area contributed by atoms with Gasteiger partial charge < -0.3 is 15.2 Å². The summed E-state index contributed by atoms with van der Waals surface area (Å²) in [5.41, 5.74) is 2.08.